The van der Waals surface area contributed by atoms with Crippen LogP contribution < -0.4 is 20.1 Å². The Morgan fingerprint density at radius 2 is 1.65 bits per heavy atom. The number of ether oxygens (including phenoxy) is 2. The molecule has 2 N–H and O–H groups in total. The molecule has 6 heteroatoms. The van der Waals surface area contributed by atoms with Crippen molar-refractivity contribution in [2.75, 3.05) is 19.5 Å². The number of nitrogens with one attached hydrogen (secondary N) is 2. The summed E-state index contributed by atoms with van der Waals surface area (Å²) in [5, 5.41) is 5.79. The first-order valence-electron chi connectivity index (χ1n) is 6.94. The van der Waals surface area contributed by atoms with Crippen molar-refractivity contribution in [1.82, 2.24) is 5.32 Å². The van der Waals surface area contributed by atoms with Crippen molar-refractivity contribution in [3.8, 4) is 11.5 Å². The first-order chi connectivity index (χ1) is 11.0. The lowest BCUT2D eigenvalue weighted by atomic mass is 10.1. The molecule has 0 heterocycles. The van der Waals surface area contributed by atoms with E-state index in [1.807, 2.05) is 19.1 Å². The lowest BCUT2D eigenvalue weighted by Crippen LogP contribution is -2.34. The van der Waals surface area contributed by atoms with E-state index in [0.717, 1.165) is 5.56 Å². The number of hydrogen-bond acceptors (Lipinski definition) is 4. The van der Waals surface area contributed by atoms with E-state index in [1.165, 1.54) is 0 Å². The molecule has 0 saturated carbocycles. The van der Waals surface area contributed by atoms with Crippen LogP contribution in [0.15, 0.2) is 42.5 Å². The van der Waals surface area contributed by atoms with Crippen molar-refractivity contribution in [1.29, 1.82) is 0 Å². The summed E-state index contributed by atoms with van der Waals surface area (Å²) >= 11 is 5.16. The van der Waals surface area contributed by atoms with E-state index in [0.29, 0.717) is 22.7 Å². The number of carbonyl (C=O) groups is 1. The number of benzene rings is 2. The Morgan fingerprint density at radius 1 is 1.00 bits per heavy atom. The molecule has 0 unspecified atom stereocenters. The summed E-state index contributed by atoms with van der Waals surface area (Å²) in [5.41, 5.74) is 2.33. The molecule has 5 nitrogen and oxygen atoms in total. The second kappa shape index (κ2) is 7.60. The molecule has 0 aliphatic carbocycles. The van der Waals surface area contributed by atoms with Crippen LogP contribution in [0.2, 0.25) is 0 Å². The van der Waals surface area contributed by atoms with Gasteiger partial charge in [0.1, 0.15) is 0 Å². The van der Waals surface area contributed by atoms with E-state index in [-0.39, 0.29) is 11.0 Å². The monoisotopic (exact) mass is 330 g/mol. The predicted molar refractivity (Wildman–Crippen MR) is 94.4 cm³/mol. The molecule has 120 valence electrons. The van der Waals surface area contributed by atoms with Crippen LogP contribution in [0.4, 0.5) is 5.69 Å². The summed E-state index contributed by atoms with van der Waals surface area (Å²) in [6.45, 7) is 1.96. The average molecular weight is 330 g/mol. The van der Waals surface area contributed by atoms with Gasteiger partial charge in [0, 0.05) is 17.3 Å². The smallest absolute Gasteiger partial charge is 0.257 e. The Morgan fingerprint density at radius 3 is 2.26 bits per heavy atom. The maximum Gasteiger partial charge on any atom is 0.257 e. The van der Waals surface area contributed by atoms with Gasteiger partial charge in [0.2, 0.25) is 0 Å². The Bertz CT molecular complexity index is 714. The van der Waals surface area contributed by atoms with E-state index in [9.17, 15) is 4.79 Å². The molecular formula is C17H18N2O3S. The topological polar surface area (TPSA) is 59.6 Å². The van der Waals surface area contributed by atoms with Crippen molar-refractivity contribution in [2.24, 2.45) is 0 Å². The molecule has 0 fully saturated rings. The van der Waals surface area contributed by atoms with Gasteiger partial charge in [-0.15, -0.1) is 0 Å². The fraction of sp³-hybridized carbons (Fsp3) is 0.176. The molecule has 2 aromatic rings. The molecule has 0 bridgehead atoms. The highest BCUT2D eigenvalue weighted by molar-refractivity contribution is 7.80. The zero-order chi connectivity index (χ0) is 16.8. The lowest BCUT2D eigenvalue weighted by Gasteiger charge is -2.12. The highest BCUT2D eigenvalue weighted by Gasteiger charge is 2.09. The summed E-state index contributed by atoms with van der Waals surface area (Å²) in [6, 6.07) is 12.5. The number of anilines is 1. The molecule has 0 saturated heterocycles. The molecule has 0 atom stereocenters. The van der Waals surface area contributed by atoms with Gasteiger partial charge in [-0.25, -0.2) is 0 Å². The van der Waals surface area contributed by atoms with E-state index < -0.39 is 0 Å². The number of methoxy groups -OCH3 is 2. The second-order valence-electron chi connectivity index (χ2n) is 4.84. The van der Waals surface area contributed by atoms with Crippen molar-refractivity contribution >= 4 is 28.9 Å². The van der Waals surface area contributed by atoms with E-state index in [2.05, 4.69) is 10.6 Å². The normalized spacial score (nSPS) is 9.87. The minimum atomic E-state index is -0.261. The van der Waals surface area contributed by atoms with Crippen LogP contribution in [0.25, 0.3) is 0 Å². The number of aryl methyl sites for hydroxylation is 1. The quantitative estimate of drug-likeness (QED) is 0.844. The Labute approximate surface area is 140 Å². The summed E-state index contributed by atoms with van der Waals surface area (Å²) in [7, 11) is 3.12. The van der Waals surface area contributed by atoms with Crippen molar-refractivity contribution in [2.45, 2.75) is 6.92 Å². The lowest BCUT2D eigenvalue weighted by molar-refractivity contribution is 0.0977. The fourth-order valence-electron chi connectivity index (χ4n) is 1.96. The molecule has 2 rings (SSSR count). The number of rotatable bonds is 4. The van der Waals surface area contributed by atoms with Crippen LogP contribution in [0, 0.1) is 6.92 Å². The second-order valence-corrected chi connectivity index (χ2v) is 5.25. The van der Waals surface area contributed by atoms with Gasteiger partial charge in [-0.05, 0) is 43.4 Å². The fourth-order valence-corrected chi connectivity index (χ4v) is 2.17. The summed E-state index contributed by atoms with van der Waals surface area (Å²) < 4.78 is 10.4. The van der Waals surface area contributed by atoms with Crippen LogP contribution in [-0.4, -0.2) is 25.2 Å². The van der Waals surface area contributed by atoms with E-state index in [1.54, 1.807) is 44.6 Å². The van der Waals surface area contributed by atoms with Crippen molar-refractivity contribution in [3.63, 3.8) is 0 Å². The SMILES string of the molecule is COc1ccc(NC(=S)NC(=O)c2ccc(C)cc2)cc1OC. The molecular weight excluding hydrogens is 312 g/mol. The van der Waals surface area contributed by atoms with Gasteiger partial charge in [-0.1, -0.05) is 17.7 Å². The Balaban J connectivity index is 2.02. The van der Waals surface area contributed by atoms with Crippen molar-refractivity contribution in [3.05, 3.63) is 53.6 Å². The minimum Gasteiger partial charge on any atom is -0.493 e. The zero-order valence-corrected chi connectivity index (χ0v) is 14.0. The summed E-state index contributed by atoms with van der Waals surface area (Å²) in [4.78, 5) is 12.1. The summed E-state index contributed by atoms with van der Waals surface area (Å²) in [5.74, 6) is 0.931. The first kappa shape index (κ1) is 16.8. The highest BCUT2D eigenvalue weighted by Crippen LogP contribution is 2.29. The van der Waals surface area contributed by atoms with Gasteiger partial charge in [-0.3, -0.25) is 10.1 Å². The molecule has 0 spiro atoms. The maximum atomic E-state index is 12.1. The third-order valence-electron chi connectivity index (χ3n) is 3.18. The largest absolute Gasteiger partial charge is 0.493 e. The van der Waals surface area contributed by atoms with E-state index in [4.69, 9.17) is 21.7 Å². The highest BCUT2D eigenvalue weighted by atomic mass is 32.1. The van der Waals surface area contributed by atoms with Gasteiger partial charge in [0.25, 0.3) is 5.91 Å². The predicted octanol–water partition coefficient (Wildman–Crippen LogP) is 3.14. The molecule has 0 aromatic heterocycles. The maximum absolute atomic E-state index is 12.1. The van der Waals surface area contributed by atoms with Gasteiger partial charge in [0.15, 0.2) is 16.6 Å². The number of amides is 1. The minimum absolute atomic E-state index is 0.211. The standard InChI is InChI=1S/C17H18N2O3S/c1-11-4-6-12(7-5-11)16(20)19-17(23)18-13-8-9-14(21-2)15(10-13)22-3/h4-10H,1-3H3,(H2,18,19,20,23). The van der Waals surface area contributed by atoms with Crippen LogP contribution in [0.5, 0.6) is 11.5 Å². The van der Waals surface area contributed by atoms with Crippen LogP contribution >= 0.6 is 12.2 Å². The number of hydrogen-bond donors (Lipinski definition) is 2. The van der Waals surface area contributed by atoms with Crippen LogP contribution in [0.3, 0.4) is 0 Å². The van der Waals surface area contributed by atoms with E-state index >= 15 is 0 Å². The first-order valence-corrected chi connectivity index (χ1v) is 7.35. The number of carbonyl (C=O) groups excluding carboxylic acids is 1. The molecule has 23 heavy (non-hydrogen) atoms. The zero-order valence-electron chi connectivity index (χ0n) is 13.2. The molecule has 0 aliphatic rings. The molecule has 0 aliphatic heterocycles. The van der Waals surface area contributed by atoms with Crippen molar-refractivity contribution < 1.29 is 14.3 Å². The molecule has 1 amide bonds. The van der Waals surface area contributed by atoms with Gasteiger partial charge >= 0.3 is 0 Å². The average Bonchev–Trinajstić information content (AvgIpc) is 2.55. The summed E-state index contributed by atoms with van der Waals surface area (Å²) in [6.07, 6.45) is 0. The van der Waals surface area contributed by atoms with Gasteiger partial charge in [0.05, 0.1) is 14.2 Å². The Hall–Kier alpha value is -2.60. The Kier molecular flexibility index (Phi) is 5.54. The van der Waals surface area contributed by atoms with Gasteiger partial charge < -0.3 is 14.8 Å². The third kappa shape index (κ3) is 4.43. The molecule has 2 aromatic carbocycles. The van der Waals surface area contributed by atoms with Gasteiger partial charge in [-0.2, -0.15) is 0 Å². The molecule has 0 radical (unpaired) electrons. The van der Waals surface area contributed by atoms with Crippen LogP contribution in [0.1, 0.15) is 15.9 Å². The third-order valence-corrected chi connectivity index (χ3v) is 3.39. The number of thiocarbonyl (C=S) groups is 1. The van der Waals surface area contributed by atoms with Crippen LogP contribution in [-0.2, 0) is 0 Å².